The van der Waals surface area contributed by atoms with Crippen LogP contribution in [0.25, 0.3) is 11.3 Å². The van der Waals surface area contributed by atoms with Gasteiger partial charge in [-0.15, -0.1) is 5.46 Å². The van der Waals surface area contributed by atoms with Crippen LogP contribution < -0.4 is 10.4 Å². The van der Waals surface area contributed by atoms with Gasteiger partial charge >= 0.3 is 6.98 Å². The average molecular weight is 360 g/mol. The molecular weight excluding hydrogens is 349 g/mol. The molecule has 0 saturated heterocycles. The Hall–Kier alpha value is -3.28. The van der Waals surface area contributed by atoms with Gasteiger partial charge in [-0.05, 0) is 36.4 Å². The van der Waals surface area contributed by atoms with Crippen LogP contribution in [0, 0.1) is 17.3 Å². The molecule has 0 aliphatic rings. The van der Waals surface area contributed by atoms with Crippen molar-refractivity contribution in [1.29, 1.82) is 5.26 Å². The maximum Gasteiger partial charge on any atom is 0.509 e. The van der Waals surface area contributed by atoms with E-state index in [9.17, 15) is 22.6 Å². The molecule has 4 nitrogen and oxygen atoms in total. The lowest BCUT2D eigenvalue weighted by molar-refractivity contribution is 0.423. The molecule has 2 aromatic carbocycles. The summed E-state index contributed by atoms with van der Waals surface area (Å²) in [6, 6.07) is 11.5. The van der Waals surface area contributed by atoms with E-state index >= 15 is 0 Å². The van der Waals surface area contributed by atoms with E-state index in [1.807, 2.05) is 6.19 Å². The Balaban J connectivity index is 1.77. The Bertz CT molecular complexity index is 930. The Morgan fingerprint density at radius 3 is 2.27 bits per heavy atom. The Morgan fingerprint density at radius 1 is 1.04 bits per heavy atom. The van der Waals surface area contributed by atoms with E-state index in [-0.39, 0.29) is 12.4 Å². The summed E-state index contributed by atoms with van der Waals surface area (Å²) >= 11 is 0. The lowest BCUT2D eigenvalue weighted by atomic mass is 9.80. The molecule has 132 valence electrons. The van der Waals surface area contributed by atoms with Gasteiger partial charge in [0.1, 0.15) is 11.5 Å². The molecule has 0 N–H and O–H groups in total. The van der Waals surface area contributed by atoms with Gasteiger partial charge in [0.25, 0.3) is 0 Å². The summed E-state index contributed by atoms with van der Waals surface area (Å²) in [5, 5.41) is 13.1. The zero-order valence-electron chi connectivity index (χ0n) is 13.2. The molecule has 0 bridgehead atoms. The van der Waals surface area contributed by atoms with Gasteiger partial charge in [-0.2, -0.15) is 5.26 Å². The van der Waals surface area contributed by atoms with Crippen LogP contribution in [0.2, 0.25) is 0 Å². The van der Waals surface area contributed by atoms with E-state index in [1.54, 1.807) is 6.07 Å². The number of hydrogen-bond acceptors (Lipinski definition) is 4. The van der Waals surface area contributed by atoms with Crippen molar-refractivity contribution < 1.29 is 21.9 Å². The van der Waals surface area contributed by atoms with E-state index in [4.69, 9.17) is 4.52 Å². The van der Waals surface area contributed by atoms with Crippen molar-refractivity contribution in [3.8, 4) is 17.5 Å². The minimum Gasteiger partial charge on any atom is -0.445 e. The summed E-state index contributed by atoms with van der Waals surface area (Å²) in [6.07, 6.45) is 1.91. The minimum absolute atomic E-state index is 0.0255. The lowest BCUT2D eigenvalue weighted by Gasteiger charge is -2.18. The third-order valence-corrected chi connectivity index (χ3v) is 3.71. The molecule has 26 heavy (non-hydrogen) atoms. The highest BCUT2D eigenvalue weighted by Gasteiger charge is 2.25. The number of nitriles is 1. The Morgan fingerprint density at radius 2 is 1.69 bits per heavy atom. The van der Waals surface area contributed by atoms with E-state index in [1.165, 1.54) is 41.3 Å². The van der Waals surface area contributed by atoms with Gasteiger partial charge in [-0.1, -0.05) is 17.3 Å². The van der Waals surface area contributed by atoms with Gasteiger partial charge in [-0.3, -0.25) is 4.90 Å². The molecule has 0 amide bonds. The normalized spacial score (nSPS) is 11.2. The maximum absolute atomic E-state index is 13.0. The van der Waals surface area contributed by atoms with Crippen molar-refractivity contribution in [2.24, 2.45) is 0 Å². The molecule has 0 aliphatic heterocycles. The molecule has 9 heteroatoms. The van der Waals surface area contributed by atoms with Crippen molar-refractivity contribution in [2.75, 3.05) is 4.90 Å². The number of rotatable bonds is 5. The fourth-order valence-corrected chi connectivity index (χ4v) is 2.36. The second-order valence-electron chi connectivity index (χ2n) is 5.54. The van der Waals surface area contributed by atoms with Crippen molar-refractivity contribution in [3.63, 3.8) is 0 Å². The first-order valence-electron chi connectivity index (χ1n) is 7.55. The van der Waals surface area contributed by atoms with Crippen molar-refractivity contribution in [2.45, 2.75) is 6.54 Å². The third-order valence-electron chi connectivity index (χ3n) is 3.71. The topological polar surface area (TPSA) is 53.1 Å². The molecule has 3 aromatic rings. The van der Waals surface area contributed by atoms with Crippen LogP contribution in [0.4, 0.5) is 23.0 Å². The molecule has 0 unspecified atom stereocenters. The number of hydrogen-bond donors (Lipinski definition) is 0. The third kappa shape index (κ3) is 3.86. The first-order chi connectivity index (χ1) is 12.4. The van der Waals surface area contributed by atoms with Gasteiger partial charge < -0.3 is 17.5 Å². The van der Waals surface area contributed by atoms with Crippen molar-refractivity contribution >= 4 is 18.1 Å². The molecular formula is C17H11BF4N3O-. The summed E-state index contributed by atoms with van der Waals surface area (Å²) in [6.45, 7) is -5.06. The summed E-state index contributed by atoms with van der Waals surface area (Å²) < 4.78 is 56.2. The summed E-state index contributed by atoms with van der Waals surface area (Å²) in [5.41, 5.74) is 0.606. The highest BCUT2D eigenvalue weighted by Crippen LogP contribution is 2.23. The minimum atomic E-state index is -5.08. The largest absolute Gasteiger partial charge is 0.509 e. The molecule has 0 aliphatic carbocycles. The highest BCUT2D eigenvalue weighted by molar-refractivity contribution is 6.73. The number of benzene rings is 2. The number of halogens is 4. The Labute approximate surface area is 146 Å². The van der Waals surface area contributed by atoms with Crippen LogP contribution in [-0.4, -0.2) is 12.1 Å². The predicted molar refractivity (Wildman–Crippen MR) is 88.8 cm³/mol. The second kappa shape index (κ2) is 6.92. The molecule has 0 fully saturated rings. The summed E-state index contributed by atoms with van der Waals surface area (Å²) in [4.78, 5) is 1.19. The molecule has 0 radical (unpaired) electrons. The first-order valence-corrected chi connectivity index (χ1v) is 7.55. The van der Waals surface area contributed by atoms with Gasteiger partial charge in [0.15, 0.2) is 12.0 Å². The van der Waals surface area contributed by atoms with Gasteiger partial charge in [0, 0.05) is 11.6 Å². The smallest absolute Gasteiger partial charge is 0.445 e. The van der Waals surface area contributed by atoms with E-state index in [2.05, 4.69) is 5.16 Å². The van der Waals surface area contributed by atoms with Crippen LogP contribution in [0.1, 0.15) is 5.69 Å². The van der Waals surface area contributed by atoms with Crippen LogP contribution in [0.15, 0.2) is 59.1 Å². The highest BCUT2D eigenvalue weighted by atomic mass is 19.4. The quantitative estimate of drug-likeness (QED) is 0.299. The molecule has 0 atom stereocenters. The fourth-order valence-electron chi connectivity index (χ4n) is 2.36. The molecule has 3 rings (SSSR count). The van der Waals surface area contributed by atoms with Crippen molar-refractivity contribution in [3.05, 3.63) is 66.1 Å². The van der Waals surface area contributed by atoms with E-state index in [0.717, 1.165) is 12.1 Å². The van der Waals surface area contributed by atoms with E-state index < -0.39 is 12.4 Å². The average Bonchev–Trinajstić information content (AvgIpc) is 3.08. The number of nitrogens with zero attached hydrogens (tertiary/aromatic N) is 3. The molecule has 0 saturated carbocycles. The monoisotopic (exact) mass is 360 g/mol. The molecule has 1 aromatic heterocycles. The predicted octanol–water partition coefficient (Wildman–Crippen LogP) is 4.02. The second-order valence-corrected chi connectivity index (χ2v) is 5.54. The maximum atomic E-state index is 13.0. The zero-order chi connectivity index (χ0) is 18.7. The zero-order valence-corrected chi connectivity index (χ0v) is 13.2. The first kappa shape index (κ1) is 17.5. The van der Waals surface area contributed by atoms with Crippen LogP contribution in [-0.2, 0) is 6.54 Å². The van der Waals surface area contributed by atoms with Crippen LogP contribution in [0.3, 0.4) is 0 Å². The number of aromatic nitrogens is 1. The van der Waals surface area contributed by atoms with Gasteiger partial charge in [-0.25, -0.2) is 4.39 Å². The SMILES string of the molecule is N#CN(Cc1cc(-c2ccc(F)cc2)on1)c1ccc([B-](F)(F)F)cc1. The standard InChI is InChI=1S/C17H11BF4N3O/c19-14-5-1-12(2-6-14)17-9-15(24-26-17)10-25(11-23)16-7-3-13(4-8-16)18(20,21)22/h1-9H,10H2/q-1. The number of anilines is 1. The summed E-state index contributed by atoms with van der Waals surface area (Å²) in [5.74, 6) is 0.0147. The van der Waals surface area contributed by atoms with Crippen LogP contribution >= 0.6 is 0 Å². The lowest BCUT2D eigenvalue weighted by Crippen LogP contribution is -2.33. The van der Waals surface area contributed by atoms with Gasteiger partial charge in [0.2, 0.25) is 0 Å². The Kier molecular flexibility index (Phi) is 4.67. The van der Waals surface area contributed by atoms with E-state index in [0.29, 0.717) is 22.7 Å². The van der Waals surface area contributed by atoms with Crippen molar-refractivity contribution in [1.82, 2.24) is 5.16 Å². The van der Waals surface area contributed by atoms with Crippen LogP contribution in [0.5, 0.6) is 0 Å². The molecule has 0 spiro atoms. The fraction of sp³-hybridized carbons (Fsp3) is 0.0588. The summed E-state index contributed by atoms with van der Waals surface area (Å²) in [7, 11) is 0. The molecule has 1 heterocycles. The van der Waals surface area contributed by atoms with Gasteiger partial charge in [0.05, 0.1) is 12.2 Å².